The van der Waals surface area contributed by atoms with Crippen molar-refractivity contribution in [1.82, 2.24) is 5.32 Å². The van der Waals surface area contributed by atoms with Gasteiger partial charge in [0.15, 0.2) is 6.10 Å². The van der Waals surface area contributed by atoms with E-state index in [9.17, 15) is 9.18 Å². The quantitative estimate of drug-likeness (QED) is 0.917. The first kappa shape index (κ1) is 15.0. The Morgan fingerprint density at radius 2 is 1.95 bits per heavy atom. The lowest BCUT2D eigenvalue weighted by Crippen LogP contribution is -2.35. The molecule has 0 heterocycles. The second kappa shape index (κ2) is 6.88. The van der Waals surface area contributed by atoms with Gasteiger partial charge in [-0.2, -0.15) is 0 Å². The van der Waals surface area contributed by atoms with Crippen LogP contribution < -0.4 is 10.1 Å². The second-order valence-corrected chi connectivity index (χ2v) is 4.92. The molecule has 3 nitrogen and oxygen atoms in total. The molecule has 2 aromatic rings. The third-order valence-corrected chi connectivity index (χ3v) is 3.05. The van der Waals surface area contributed by atoms with E-state index >= 15 is 0 Å². The summed E-state index contributed by atoms with van der Waals surface area (Å²) in [5.74, 6) is 0.168. The molecule has 1 amide bonds. The molecule has 1 N–H and O–H groups in total. The third-order valence-electron chi connectivity index (χ3n) is 3.05. The Balaban J connectivity index is 1.86. The van der Waals surface area contributed by atoms with E-state index in [-0.39, 0.29) is 11.7 Å². The average Bonchev–Trinajstić information content (AvgIpc) is 2.46. The molecule has 0 aliphatic heterocycles. The number of carbonyl (C=O) groups excluding carboxylic acids is 1. The van der Waals surface area contributed by atoms with Gasteiger partial charge in [0.25, 0.3) is 5.91 Å². The van der Waals surface area contributed by atoms with Gasteiger partial charge in [-0.3, -0.25) is 4.79 Å². The summed E-state index contributed by atoms with van der Waals surface area (Å²) in [7, 11) is 0. The molecule has 0 aromatic heterocycles. The van der Waals surface area contributed by atoms with Gasteiger partial charge in [0.1, 0.15) is 11.6 Å². The third kappa shape index (κ3) is 4.60. The Morgan fingerprint density at radius 1 is 1.24 bits per heavy atom. The summed E-state index contributed by atoms with van der Waals surface area (Å²) in [4.78, 5) is 12.0. The van der Waals surface area contributed by atoms with Crippen LogP contribution in [-0.4, -0.2) is 12.0 Å². The van der Waals surface area contributed by atoms with Crippen LogP contribution in [0.3, 0.4) is 0 Å². The van der Waals surface area contributed by atoms with Crippen molar-refractivity contribution in [2.75, 3.05) is 0 Å². The molecule has 0 bridgehead atoms. The lowest BCUT2D eigenvalue weighted by atomic mass is 10.2. The first-order valence-corrected chi connectivity index (χ1v) is 6.80. The van der Waals surface area contributed by atoms with Gasteiger partial charge >= 0.3 is 0 Å². The van der Waals surface area contributed by atoms with Crippen molar-refractivity contribution in [1.29, 1.82) is 0 Å². The maximum absolute atomic E-state index is 12.8. The summed E-state index contributed by atoms with van der Waals surface area (Å²) in [5, 5.41) is 2.77. The molecule has 0 aliphatic carbocycles. The van der Waals surface area contributed by atoms with Gasteiger partial charge in [-0.1, -0.05) is 24.3 Å². The lowest BCUT2D eigenvalue weighted by molar-refractivity contribution is -0.127. The smallest absolute Gasteiger partial charge is 0.261 e. The zero-order chi connectivity index (χ0) is 15.2. The maximum Gasteiger partial charge on any atom is 0.261 e. The summed E-state index contributed by atoms with van der Waals surface area (Å²) in [5.41, 5.74) is 1.92. The van der Waals surface area contributed by atoms with E-state index in [4.69, 9.17) is 4.74 Å². The van der Waals surface area contributed by atoms with Crippen LogP contribution in [0.4, 0.5) is 4.39 Å². The van der Waals surface area contributed by atoms with Crippen molar-refractivity contribution in [3.8, 4) is 5.75 Å². The lowest BCUT2D eigenvalue weighted by Gasteiger charge is -2.15. The van der Waals surface area contributed by atoms with E-state index in [1.807, 2.05) is 31.2 Å². The molecule has 110 valence electrons. The van der Waals surface area contributed by atoms with Gasteiger partial charge in [-0.05, 0) is 49.2 Å². The number of halogens is 1. The Kier molecular flexibility index (Phi) is 4.93. The molecule has 4 heteroatoms. The van der Waals surface area contributed by atoms with Crippen molar-refractivity contribution in [3.05, 3.63) is 65.5 Å². The molecule has 0 radical (unpaired) electrons. The van der Waals surface area contributed by atoms with Crippen molar-refractivity contribution in [2.24, 2.45) is 0 Å². The number of rotatable bonds is 5. The minimum atomic E-state index is -0.591. The van der Waals surface area contributed by atoms with Crippen molar-refractivity contribution in [2.45, 2.75) is 26.5 Å². The Morgan fingerprint density at radius 3 is 2.62 bits per heavy atom. The average molecular weight is 287 g/mol. The SMILES string of the molecule is Cc1cccc(OC(C)C(=O)NCc2ccc(F)cc2)c1. The van der Waals surface area contributed by atoms with Crippen molar-refractivity contribution >= 4 is 5.91 Å². The highest BCUT2D eigenvalue weighted by Gasteiger charge is 2.14. The molecule has 2 aromatic carbocycles. The minimum absolute atomic E-state index is 0.208. The van der Waals surface area contributed by atoms with E-state index < -0.39 is 6.10 Å². The number of benzene rings is 2. The second-order valence-electron chi connectivity index (χ2n) is 4.92. The number of hydrogen-bond acceptors (Lipinski definition) is 2. The van der Waals surface area contributed by atoms with Gasteiger partial charge in [0, 0.05) is 6.54 Å². The van der Waals surface area contributed by atoms with E-state index in [0.29, 0.717) is 12.3 Å². The van der Waals surface area contributed by atoms with E-state index in [2.05, 4.69) is 5.32 Å². The van der Waals surface area contributed by atoms with Gasteiger partial charge in [0.05, 0.1) is 0 Å². The van der Waals surface area contributed by atoms with Crippen LogP contribution in [0.15, 0.2) is 48.5 Å². The Labute approximate surface area is 123 Å². The van der Waals surface area contributed by atoms with Crippen LogP contribution in [0, 0.1) is 12.7 Å². The number of amides is 1. The fourth-order valence-corrected chi connectivity index (χ4v) is 1.88. The van der Waals surface area contributed by atoms with Crippen LogP contribution in [0.5, 0.6) is 5.75 Å². The number of aryl methyl sites for hydroxylation is 1. The van der Waals surface area contributed by atoms with Crippen LogP contribution >= 0.6 is 0 Å². The molecule has 0 saturated carbocycles. The summed E-state index contributed by atoms with van der Waals surface area (Å²) in [6.45, 7) is 4.01. The van der Waals surface area contributed by atoms with Gasteiger partial charge in [0.2, 0.25) is 0 Å². The van der Waals surface area contributed by atoms with E-state index in [0.717, 1.165) is 11.1 Å². The largest absolute Gasteiger partial charge is 0.481 e. The molecular formula is C17H18FNO2. The number of carbonyl (C=O) groups is 1. The predicted molar refractivity (Wildman–Crippen MR) is 79.5 cm³/mol. The van der Waals surface area contributed by atoms with Crippen molar-refractivity contribution < 1.29 is 13.9 Å². The number of ether oxygens (including phenoxy) is 1. The molecular weight excluding hydrogens is 269 g/mol. The molecule has 0 spiro atoms. The van der Waals surface area contributed by atoms with Crippen molar-refractivity contribution in [3.63, 3.8) is 0 Å². The monoisotopic (exact) mass is 287 g/mol. The zero-order valence-electron chi connectivity index (χ0n) is 12.1. The van der Waals surface area contributed by atoms with Gasteiger partial charge in [-0.15, -0.1) is 0 Å². The van der Waals surface area contributed by atoms with E-state index in [1.54, 1.807) is 19.1 Å². The van der Waals surface area contributed by atoms with Gasteiger partial charge < -0.3 is 10.1 Å². The van der Waals surface area contributed by atoms with E-state index in [1.165, 1.54) is 12.1 Å². The standard InChI is InChI=1S/C17H18FNO2/c1-12-4-3-5-16(10-12)21-13(2)17(20)19-11-14-6-8-15(18)9-7-14/h3-10,13H,11H2,1-2H3,(H,19,20). The molecule has 2 rings (SSSR count). The Bertz CT molecular complexity index is 610. The normalized spacial score (nSPS) is 11.8. The summed E-state index contributed by atoms with van der Waals surface area (Å²) in [6.07, 6.45) is -0.591. The van der Waals surface area contributed by atoms with Crippen LogP contribution in [0.2, 0.25) is 0 Å². The molecule has 21 heavy (non-hydrogen) atoms. The number of hydrogen-bond donors (Lipinski definition) is 1. The molecule has 0 fully saturated rings. The highest BCUT2D eigenvalue weighted by molar-refractivity contribution is 5.80. The highest BCUT2D eigenvalue weighted by Crippen LogP contribution is 2.14. The summed E-state index contributed by atoms with van der Waals surface area (Å²) in [6, 6.07) is 13.6. The fraction of sp³-hybridized carbons (Fsp3) is 0.235. The first-order chi connectivity index (χ1) is 10.0. The topological polar surface area (TPSA) is 38.3 Å². The van der Waals surface area contributed by atoms with Gasteiger partial charge in [-0.25, -0.2) is 4.39 Å². The minimum Gasteiger partial charge on any atom is -0.481 e. The molecule has 1 atom stereocenters. The number of nitrogens with one attached hydrogen (secondary N) is 1. The Hall–Kier alpha value is -2.36. The predicted octanol–water partition coefficient (Wildman–Crippen LogP) is 3.22. The zero-order valence-corrected chi connectivity index (χ0v) is 12.1. The van der Waals surface area contributed by atoms with Crippen LogP contribution in [0.25, 0.3) is 0 Å². The highest BCUT2D eigenvalue weighted by atomic mass is 19.1. The summed E-state index contributed by atoms with van der Waals surface area (Å²) >= 11 is 0. The van der Waals surface area contributed by atoms with Crippen LogP contribution in [-0.2, 0) is 11.3 Å². The molecule has 0 saturated heterocycles. The fourth-order valence-electron chi connectivity index (χ4n) is 1.88. The summed E-state index contributed by atoms with van der Waals surface area (Å²) < 4.78 is 18.4. The maximum atomic E-state index is 12.8. The van der Waals surface area contributed by atoms with Crippen LogP contribution in [0.1, 0.15) is 18.1 Å². The molecule has 0 aliphatic rings. The molecule has 1 unspecified atom stereocenters. The first-order valence-electron chi connectivity index (χ1n) is 6.80.